The molecule has 0 aromatic rings. The fraction of sp³-hybridized carbons (Fsp3) is 0.917. The highest BCUT2D eigenvalue weighted by atomic mass is 16.3. The predicted octanol–water partition coefficient (Wildman–Crippen LogP) is 1.06. The zero-order valence-electron chi connectivity index (χ0n) is 10.2. The zero-order chi connectivity index (χ0) is 12.2. The third-order valence-electron chi connectivity index (χ3n) is 2.64. The Morgan fingerprint density at radius 3 is 2.44 bits per heavy atom. The normalized spacial score (nSPS) is 10.8. The van der Waals surface area contributed by atoms with E-state index in [-0.39, 0.29) is 25.0 Å². The number of hydrogen-bond donors (Lipinski definition) is 3. The molecule has 0 bridgehead atoms. The van der Waals surface area contributed by atoms with Gasteiger partial charge < -0.3 is 15.5 Å². The molecule has 4 nitrogen and oxygen atoms in total. The first-order valence-electron chi connectivity index (χ1n) is 6.23. The molecule has 0 fully saturated rings. The van der Waals surface area contributed by atoms with E-state index in [9.17, 15) is 4.79 Å². The smallest absolute Gasteiger partial charge is 0.219 e. The fourth-order valence-electron chi connectivity index (χ4n) is 1.45. The Morgan fingerprint density at radius 1 is 1.19 bits per heavy atom. The molecule has 0 heterocycles. The summed E-state index contributed by atoms with van der Waals surface area (Å²) >= 11 is 0. The van der Waals surface area contributed by atoms with E-state index in [1.54, 1.807) is 0 Å². The summed E-state index contributed by atoms with van der Waals surface area (Å²) in [6, 6.07) is 0. The molecule has 0 rings (SSSR count). The molecule has 3 N–H and O–H groups in total. The maximum absolute atomic E-state index is 11.2. The first-order chi connectivity index (χ1) is 7.74. The van der Waals surface area contributed by atoms with E-state index in [1.165, 1.54) is 0 Å². The van der Waals surface area contributed by atoms with Gasteiger partial charge in [-0.3, -0.25) is 4.79 Å². The summed E-state index contributed by atoms with van der Waals surface area (Å²) in [5.41, 5.74) is 0. The van der Waals surface area contributed by atoms with Crippen LogP contribution in [-0.4, -0.2) is 35.9 Å². The Labute approximate surface area is 98.1 Å². The number of carbonyl (C=O) groups is 1. The number of unbranched alkanes of at least 4 members (excludes halogenated alkanes) is 2. The van der Waals surface area contributed by atoms with Gasteiger partial charge in [0, 0.05) is 32.1 Å². The number of aliphatic hydroxyl groups is 2. The summed E-state index contributed by atoms with van der Waals surface area (Å²) in [6.45, 7) is 2.85. The minimum Gasteiger partial charge on any atom is -0.396 e. The van der Waals surface area contributed by atoms with Gasteiger partial charge in [0.1, 0.15) is 0 Å². The van der Waals surface area contributed by atoms with Gasteiger partial charge in [-0.1, -0.05) is 19.8 Å². The van der Waals surface area contributed by atoms with E-state index >= 15 is 0 Å². The molecule has 0 saturated heterocycles. The zero-order valence-corrected chi connectivity index (χ0v) is 10.2. The quantitative estimate of drug-likeness (QED) is 0.492. The second-order valence-corrected chi connectivity index (χ2v) is 4.18. The van der Waals surface area contributed by atoms with Crippen molar-refractivity contribution in [2.75, 3.05) is 19.8 Å². The van der Waals surface area contributed by atoms with Crippen molar-refractivity contribution in [2.45, 2.75) is 45.4 Å². The number of amides is 1. The number of aliphatic hydroxyl groups excluding tert-OH is 2. The summed E-state index contributed by atoms with van der Waals surface area (Å²) in [5, 5.41) is 20.5. The van der Waals surface area contributed by atoms with Crippen molar-refractivity contribution in [3.8, 4) is 0 Å². The Hall–Kier alpha value is -0.610. The van der Waals surface area contributed by atoms with Crippen molar-refractivity contribution in [3.05, 3.63) is 0 Å². The maximum Gasteiger partial charge on any atom is 0.219 e. The summed E-state index contributed by atoms with van der Waals surface area (Å²) in [5.74, 6) is 0.124. The van der Waals surface area contributed by atoms with Crippen molar-refractivity contribution >= 4 is 5.91 Å². The van der Waals surface area contributed by atoms with Gasteiger partial charge in [-0.2, -0.15) is 0 Å². The number of hydrogen-bond acceptors (Lipinski definition) is 3. The van der Waals surface area contributed by atoms with Gasteiger partial charge in [0.15, 0.2) is 0 Å². The highest BCUT2D eigenvalue weighted by molar-refractivity contribution is 5.75. The Bertz CT molecular complexity index is 170. The van der Waals surface area contributed by atoms with Crippen molar-refractivity contribution in [3.63, 3.8) is 0 Å². The fourth-order valence-corrected chi connectivity index (χ4v) is 1.45. The topological polar surface area (TPSA) is 69.6 Å². The summed E-state index contributed by atoms with van der Waals surface area (Å²) in [6.07, 6.45) is 5.27. The highest BCUT2D eigenvalue weighted by Gasteiger charge is 2.05. The van der Waals surface area contributed by atoms with Crippen molar-refractivity contribution in [1.29, 1.82) is 0 Å². The molecule has 0 aliphatic rings. The van der Waals surface area contributed by atoms with Crippen molar-refractivity contribution < 1.29 is 15.0 Å². The molecule has 0 aromatic heterocycles. The van der Waals surface area contributed by atoms with Gasteiger partial charge in [0.05, 0.1) is 0 Å². The van der Waals surface area contributed by atoms with Crippen LogP contribution in [0.2, 0.25) is 0 Å². The summed E-state index contributed by atoms with van der Waals surface area (Å²) in [7, 11) is 0. The Kier molecular flexibility index (Phi) is 10.5. The largest absolute Gasteiger partial charge is 0.396 e. The Balaban J connectivity index is 3.29. The third kappa shape index (κ3) is 8.68. The minimum absolute atomic E-state index is 0.00390. The molecule has 0 saturated carbocycles. The molecule has 0 aliphatic carbocycles. The van der Waals surface area contributed by atoms with E-state index in [2.05, 4.69) is 12.2 Å². The molecule has 96 valence electrons. The minimum atomic E-state index is -0.00390. The number of rotatable bonds is 10. The second-order valence-electron chi connectivity index (χ2n) is 4.18. The lowest BCUT2D eigenvalue weighted by Crippen LogP contribution is -2.24. The van der Waals surface area contributed by atoms with E-state index in [1.807, 2.05) is 0 Å². The van der Waals surface area contributed by atoms with Gasteiger partial charge >= 0.3 is 0 Å². The molecular weight excluding hydrogens is 206 g/mol. The van der Waals surface area contributed by atoms with E-state index in [0.29, 0.717) is 13.0 Å². The van der Waals surface area contributed by atoms with Crippen LogP contribution in [0.3, 0.4) is 0 Å². The van der Waals surface area contributed by atoms with Crippen LogP contribution >= 0.6 is 0 Å². The van der Waals surface area contributed by atoms with Crippen LogP contribution in [0, 0.1) is 5.92 Å². The van der Waals surface area contributed by atoms with Crippen molar-refractivity contribution in [2.24, 2.45) is 5.92 Å². The second kappa shape index (κ2) is 10.9. The molecule has 0 atom stereocenters. The van der Waals surface area contributed by atoms with Gasteiger partial charge in [0.25, 0.3) is 0 Å². The first-order valence-corrected chi connectivity index (χ1v) is 6.23. The molecule has 0 aromatic carbocycles. The van der Waals surface area contributed by atoms with E-state index in [0.717, 1.165) is 32.1 Å². The summed E-state index contributed by atoms with van der Waals surface area (Å²) in [4.78, 5) is 11.2. The van der Waals surface area contributed by atoms with Gasteiger partial charge in [-0.25, -0.2) is 0 Å². The third-order valence-corrected chi connectivity index (χ3v) is 2.64. The van der Waals surface area contributed by atoms with Crippen LogP contribution in [0.25, 0.3) is 0 Å². The Morgan fingerprint density at radius 2 is 1.88 bits per heavy atom. The average Bonchev–Trinajstić information content (AvgIpc) is 2.31. The highest BCUT2D eigenvalue weighted by Crippen LogP contribution is 2.06. The van der Waals surface area contributed by atoms with Gasteiger partial charge in [0.2, 0.25) is 5.91 Å². The van der Waals surface area contributed by atoms with Crippen LogP contribution in [0.1, 0.15) is 45.4 Å². The van der Waals surface area contributed by atoms with Crippen LogP contribution < -0.4 is 5.32 Å². The molecule has 16 heavy (non-hydrogen) atoms. The predicted molar refractivity (Wildman–Crippen MR) is 64.0 cm³/mol. The summed E-state index contributed by atoms with van der Waals surface area (Å²) < 4.78 is 0. The van der Waals surface area contributed by atoms with E-state index in [4.69, 9.17) is 10.2 Å². The molecule has 0 aliphatic heterocycles. The lowest BCUT2D eigenvalue weighted by Gasteiger charge is -2.10. The first kappa shape index (κ1) is 15.4. The molecule has 0 radical (unpaired) electrons. The maximum atomic E-state index is 11.2. The number of carbonyl (C=O) groups excluding carboxylic acids is 1. The average molecular weight is 231 g/mol. The monoisotopic (exact) mass is 231 g/mol. The van der Waals surface area contributed by atoms with Gasteiger partial charge in [-0.15, -0.1) is 0 Å². The van der Waals surface area contributed by atoms with Crippen LogP contribution in [-0.2, 0) is 4.79 Å². The lowest BCUT2D eigenvalue weighted by molar-refractivity contribution is -0.121. The molecule has 0 unspecified atom stereocenters. The SMILES string of the molecule is CCCCC(=O)NCCCCC(CO)CO. The van der Waals surface area contributed by atoms with Crippen LogP contribution in [0.15, 0.2) is 0 Å². The molecule has 4 heteroatoms. The molecule has 0 spiro atoms. The molecule has 1 amide bonds. The van der Waals surface area contributed by atoms with Gasteiger partial charge in [-0.05, 0) is 19.3 Å². The number of nitrogens with one attached hydrogen (secondary N) is 1. The van der Waals surface area contributed by atoms with Crippen LogP contribution in [0.4, 0.5) is 0 Å². The molecular formula is C12H25NO3. The van der Waals surface area contributed by atoms with E-state index < -0.39 is 0 Å². The van der Waals surface area contributed by atoms with Crippen molar-refractivity contribution in [1.82, 2.24) is 5.32 Å². The standard InChI is InChI=1S/C12H25NO3/c1-2-3-7-12(16)13-8-5-4-6-11(9-14)10-15/h11,14-15H,2-10H2,1H3,(H,13,16). The van der Waals surface area contributed by atoms with Crippen LogP contribution in [0.5, 0.6) is 0 Å². The lowest BCUT2D eigenvalue weighted by atomic mass is 10.0.